The lowest BCUT2D eigenvalue weighted by Gasteiger charge is -2.34. The number of piperidine rings is 1. The number of nitrogens with two attached hydrogens (primary N) is 1. The summed E-state index contributed by atoms with van der Waals surface area (Å²) >= 11 is 0. The van der Waals surface area contributed by atoms with Crippen molar-refractivity contribution in [1.29, 1.82) is 0 Å². The summed E-state index contributed by atoms with van der Waals surface area (Å²) in [4.78, 5) is 13.1. The van der Waals surface area contributed by atoms with Crippen molar-refractivity contribution in [2.75, 3.05) is 32.8 Å². The number of amides is 1. The molecule has 0 saturated carbocycles. The van der Waals surface area contributed by atoms with Crippen molar-refractivity contribution in [3.63, 3.8) is 0 Å². The van der Waals surface area contributed by atoms with Gasteiger partial charge < -0.3 is 25.6 Å². The zero-order chi connectivity index (χ0) is 15.1. The van der Waals surface area contributed by atoms with Crippen LogP contribution in [0.2, 0.25) is 0 Å². The molecule has 0 bridgehead atoms. The molecule has 1 rings (SSSR count). The molecule has 1 saturated heterocycles. The average molecular weight is 288 g/mol. The Balaban J connectivity index is 2.20. The van der Waals surface area contributed by atoms with Gasteiger partial charge in [0.2, 0.25) is 5.91 Å². The molecule has 20 heavy (non-hydrogen) atoms. The van der Waals surface area contributed by atoms with Crippen molar-refractivity contribution < 1.29 is 19.7 Å². The highest BCUT2D eigenvalue weighted by Gasteiger charge is 2.28. The number of carbonyl (C=O) groups is 1. The third-order valence-corrected chi connectivity index (χ3v) is 3.60. The summed E-state index contributed by atoms with van der Waals surface area (Å²) in [6.45, 7) is 7.23. The van der Waals surface area contributed by atoms with E-state index in [4.69, 9.17) is 10.5 Å². The highest BCUT2D eigenvalue weighted by molar-refractivity contribution is 5.78. The lowest BCUT2D eigenvalue weighted by atomic mass is 9.91. The molecule has 6 nitrogen and oxygen atoms in total. The average Bonchev–Trinajstić information content (AvgIpc) is 2.38. The largest absolute Gasteiger partial charge is 0.389 e. The van der Waals surface area contributed by atoms with Gasteiger partial charge in [-0.05, 0) is 37.8 Å². The van der Waals surface area contributed by atoms with E-state index in [9.17, 15) is 15.0 Å². The summed E-state index contributed by atoms with van der Waals surface area (Å²) in [7, 11) is 0. The first-order valence-electron chi connectivity index (χ1n) is 7.35. The van der Waals surface area contributed by atoms with Crippen LogP contribution in [0.4, 0.5) is 0 Å². The molecule has 1 amide bonds. The van der Waals surface area contributed by atoms with Crippen LogP contribution in [-0.2, 0) is 9.53 Å². The fraction of sp³-hybridized carbons (Fsp3) is 0.929. The van der Waals surface area contributed by atoms with Crippen molar-refractivity contribution in [2.24, 2.45) is 17.6 Å². The molecule has 0 aromatic rings. The van der Waals surface area contributed by atoms with Gasteiger partial charge in [-0.3, -0.25) is 4.79 Å². The minimum Gasteiger partial charge on any atom is -0.389 e. The van der Waals surface area contributed by atoms with Gasteiger partial charge in [-0.1, -0.05) is 13.8 Å². The molecule has 1 aliphatic rings. The molecule has 0 aliphatic carbocycles. The summed E-state index contributed by atoms with van der Waals surface area (Å²) in [5, 5.41) is 19.5. The number of carbonyl (C=O) groups excluding carboxylic acids is 1. The number of β-amino-alcohol motifs (C(OH)–C–C–N with tert-alkyl or cyclic N) is 1. The molecule has 1 heterocycles. The summed E-state index contributed by atoms with van der Waals surface area (Å²) in [5.41, 5.74) is 5.10. The van der Waals surface area contributed by atoms with Crippen molar-refractivity contribution >= 4 is 5.91 Å². The van der Waals surface area contributed by atoms with E-state index in [1.54, 1.807) is 0 Å². The molecule has 0 radical (unpaired) electrons. The van der Waals surface area contributed by atoms with E-state index in [0.29, 0.717) is 25.7 Å². The molecule has 4 N–H and O–H groups in total. The van der Waals surface area contributed by atoms with Gasteiger partial charge in [0.1, 0.15) is 6.10 Å². The first-order valence-corrected chi connectivity index (χ1v) is 7.35. The standard InChI is InChI=1S/C14H28N2O4/c1-10(2)8-20-9-12(17)7-16-5-3-11(4-6-16)13(18)14(15)19/h10-13,17-18H,3-9H2,1-2H3,(H2,15,19)/t12-,13-/m0/s1. The fourth-order valence-electron chi connectivity index (χ4n) is 2.47. The van der Waals surface area contributed by atoms with Gasteiger partial charge in [0, 0.05) is 13.2 Å². The molecule has 0 spiro atoms. The monoisotopic (exact) mass is 288 g/mol. The van der Waals surface area contributed by atoms with E-state index >= 15 is 0 Å². The van der Waals surface area contributed by atoms with Crippen molar-refractivity contribution in [3.8, 4) is 0 Å². The predicted octanol–water partition coefficient (Wildman–Crippen LogP) is -0.422. The van der Waals surface area contributed by atoms with Crippen LogP contribution in [0.1, 0.15) is 26.7 Å². The summed E-state index contributed by atoms with van der Waals surface area (Å²) < 4.78 is 5.41. The first kappa shape index (κ1) is 17.4. The molecular formula is C14H28N2O4. The molecule has 1 fully saturated rings. The van der Waals surface area contributed by atoms with E-state index < -0.39 is 18.1 Å². The number of primary amides is 1. The number of hydrogen-bond acceptors (Lipinski definition) is 5. The Morgan fingerprint density at radius 2 is 1.90 bits per heavy atom. The van der Waals surface area contributed by atoms with Crippen LogP contribution in [0.25, 0.3) is 0 Å². The number of likely N-dealkylation sites (tertiary alicyclic amines) is 1. The lowest BCUT2D eigenvalue weighted by Crippen LogP contribution is -2.45. The topological polar surface area (TPSA) is 96.0 Å². The predicted molar refractivity (Wildman–Crippen MR) is 76.0 cm³/mol. The molecular weight excluding hydrogens is 260 g/mol. The quantitative estimate of drug-likeness (QED) is 0.564. The second kappa shape index (κ2) is 8.56. The lowest BCUT2D eigenvalue weighted by molar-refractivity contribution is -0.129. The number of nitrogens with zero attached hydrogens (tertiary/aromatic N) is 1. The van der Waals surface area contributed by atoms with E-state index in [1.807, 2.05) is 0 Å². The Morgan fingerprint density at radius 3 is 2.40 bits per heavy atom. The van der Waals surface area contributed by atoms with Crippen molar-refractivity contribution in [3.05, 3.63) is 0 Å². The molecule has 0 aromatic carbocycles. The van der Waals surface area contributed by atoms with Gasteiger partial charge in [0.05, 0.1) is 12.7 Å². The molecule has 0 unspecified atom stereocenters. The van der Waals surface area contributed by atoms with Crippen molar-refractivity contribution in [2.45, 2.75) is 38.9 Å². The summed E-state index contributed by atoms with van der Waals surface area (Å²) in [6, 6.07) is 0. The van der Waals surface area contributed by atoms with Crippen LogP contribution in [0.5, 0.6) is 0 Å². The van der Waals surface area contributed by atoms with Gasteiger partial charge in [-0.15, -0.1) is 0 Å². The van der Waals surface area contributed by atoms with Crippen LogP contribution in [0.3, 0.4) is 0 Å². The number of rotatable bonds is 8. The molecule has 118 valence electrons. The highest BCUT2D eigenvalue weighted by atomic mass is 16.5. The van der Waals surface area contributed by atoms with E-state index in [2.05, 4.69) is 18.7 Å². The van der Waals surface area contributed by atoms with Gasteiger partial charge in [0.15, 0.2) is 0 Å². The number of aliphatic hydroxyl groups is 2. The van der Waals surface area contributed by atoms with Crippen LogP contribution < -0.4 is 5.73 Å². The highest BCUT2D eigenvalue weighted by Crippen LogP contribution is 2.20. The Morgan fingerprint density at radius 1 is 1.30 bits per heavy atom. The molecule has 1 aliphatic heterocycles. The van der Waals surface area contributed by atoms with Gasteiger partial charge in [-0.2, -0.15) is 0 Å². The van der Waals surface area contributed by atoms with Crippen LogP contribution in [0.15, 0.2) is 0 Å². The van der Waals surface area contributed by atoms with Gasteiger partial charge in [0.25, 0.3) is 0 Å². The minimum atomic E-state index is -1.04. The number of hydrogen-bond donors (Lipinski definition) is 3. The molecule has 2 atom stereocenters. The normalized spacial score (nSPS) is 21.1. The smallest absolute Gasteiger partial charge is 0.246 e. The van der Waals surface area contributed by atoms with E-state index in [0.717, 1.165) is 25.9 Å². The maximum absolute atomic E-state index is 10.9. The van der Waals surface area contributed by atoms with Crippen LogP contribution in [-0.4, -0.2) is 66.1 Å². The Hall–Kier alpha value is -0.690. The minimum absolute atomic E-state index is 0.0573. The maximum atomic E-state index is 10.9. The zero-order valence-corrected chi connectivity index (χ0v) is 12.5. The summed E-state index contributed by atoms with van der Waals surface area (Å²) in [6.07, 6.45) is -0.0873. The fourth-order valence-corrected chi connectivity index (χ4v) is 2.47. The zero-order valence-electron chi connectivity index (χ0n) is 12.5. The summed E-state index contributed by atoms with van der Waals surface area (Å²) in [5.74, 6) is -0.239. The Bertz CT molecular complexity index is 291. The second-order valence-corrected chi connectivity index (χ2v) is 6.07. The van der Waals surface area contributed by atoms with Gasteiger partial charge >= 0.3 is 0 Å². The Labute approximate surface area is 120 Å². The second-order valence-electron chi connectivity index (χ2n) is 6.07. The first-order chi connectivity index (χ1) is 9.40. The third kappa shape index (κ3) is 6.17. The third-order valence-electron chi connectivity index (χ3n) is 3.60. The van der Waals surface area contributed by atoms with E-state index in [1.165, 1.54) is 0 Å². The number of ether oxygens (including phenoxy) is 1. The van der Waals surface area contributed by atoms with Crippen LogP contribution >= 0.6 is 0 Å². The van der Waals surface area contributed by atoms with Gasteiger partial charge in [-0.25, -0.2) is 0 Å². The van der Waals surface area contributed by atoms with Crippen molar-refractivity contribution in [1.82, 2.24) is 4.90 Å². The molecule has 0 aromatic heterocycles. The molecule has 6 heteroatoms. The maximum Gasteiger partial charge on any atom is 0.246 e. The Kier molecular flexibility index (Phi) is 7.43. The van der Waals surface area contributed by atoms with Crippen LogP contribution in [0, 0.1) is 11.8 Å². The SMILES string of the molecule is CC(C)COC[C@@H](O)CN1CCC([C@H](O)C(N)=O)CC1. The van der Waals surface area contributed by atoms with E-state index in [-0.39, 0.29) is 5.92 Å². The number of aliphatic hydroxyl groups excluding tert-OH is 2.